The van der Waals surface area contributed by atoms with Gasteiger partial charge in [-0.3, -0.25) is 5.10 Å². The topological polar surface area (TPSA) is 93.7 Å². The Morgan fingerprint density at radius 2 is 2.06 bits per heavy atom. The Morgan fingerprint density at radius 1 is 1.24 bits per heavy atom. The Bertz CT molecular complexity index is 1080. The number of piperidine rings is 1. The van der Waals surface area contributed by atoms with Crippen LogP contribution >= 0.6 is 0 Å². The van der Waals surface area contributed by atoms with Crippen molar-refractivity contribution >= 4 is 11.7 Å². The summed E-state index contributed by atoms with van der Waals surface area (Å²) in [5, 5.41) is 19.5. The maximum Gasteiger partial charge on any atom is 0.322 e. The van der Waals surface area contributed by atoms with Gasteiger partial charge in [0.15, 0.2) is 0 Å². The molecule has 0 radical (unpaired) electrons. The number of aliphatic hydroxyl groups excluding tert-OH is 1. The molecule has 2 amide bonds. The number of anilines is 1. The van der Waals surface area contributed by atoms with Crippen molar-refractivity contribution in [3.05, 3.63) is 66.0 Å². The molecular formula is C26H33N5O3. The fourth-order valence-electron chi connectivity index (χ4n) is 4.19. The maximum atomic E-state index is 13.2. The molecular weight excluding hydrogens is 430 g/mol. The van der Waals surface area contributed by atoms with Gasteiger partial charge in [-0.1, -0.05) is 35.9 Å². The summed E-state index contributed by atoms with van der Waals surface area (Å²) >= 11 is 0. The number of likely N-dealkylation sites (tertiary alicyclic amines) is 1. The number of H-pyrrole nitrogens is 1. The van der Waals surface area contributed by atoms with Crippen LogP contribution in [0, 0.1) is 6.92 Å². The van der Waals surface area contributed by atoms with E-state index in [9.17, 15) is 9.90 Å². The number of ether oxygens (including phenoxy) is 1. The highest BCUT2D eigenvalue weighted by Gasteiger charge is 2.21. The lowest BCUT2D eigenvalue weighted by molar-refractivity contribution is 0.115. The second-order valence-electron chi connectivity index (χ2n) is 8.88. The Hall–Kier alpha value is -3.36. The Labute approximate surface area is 200 Å². The SMILES string of the molecule is Cc1cccc(CN(CCO)C(=O)Nc2ccc(-c3cn[nH]c3)cc2OC2CCN(C)CC2)c1. The molecule has 0 unspecified atom stereocenters. The number of aryl methyl sites for hydroxylation is 1. The number of aromatic amines is 1. The molecule has 2 heterocycles. The third-order valence-corrected chi connectivity index (χ3v) is 6.13. The van der Waals surface area contributed by atoms with Gasteiger partial charge >= 0.3 is 6.03 Å². The fraction of sp³-hybridized carbons (Fsp3) is 0.385. The molecule has 1 fully saturated rings. The summed E-state index contributed by atoms with van der Waals surface area (Å²) in [6.07, 6.45) is 5.55. The number of nitrogens with one attached hydrogen (secondary N) is 2. The van der Waals surface area contributed by atoms with Crippen molar-refractivity contribution in [1.29, 1.82) is 0 Å². The number of aromatic nitrogens is 2. The van der Waals surface area contributed by atoms with E-state index in [1.807, 2.05) is 55.6 Å². The largest absolute Gasteiger partial charge is 0.488 e. The van der Waals surface area contributed by atoms with Crippen LogP contribution in [0.4, 0.5) is 10.5 Å². The van der Waals surface area contributed by atoms with E-state index in [-0.39, 0.29) is 25.3 Å². The highest BCUT2D eigenvalue weighted by Crippen LogP contribution is 2.33. The van der Waals surface area contributed by atoms with Gasteiger partial charge in [-0.05, 0) is 50.1 Å². The summed E-state index contributed by atoms with van der Waals surface area (Å²) in [4.78, 5) is 17.1. The zero-order chi connectivity index (χ0) is 23.9. The predicted octanol–water partition coefficient (Wildman–Crippen LogP) is 3.88. The average Bonchev–Trinajstić information content (AvgIpc) is 3.36. The van der Waals surface area contributed by atoms with E-state index in [1.165, 1.54) is 0 Å². The van der Waals surface area contributed by atoms with Crippen molar-refractivity contribution < 1.29 is 14.6 Å². The molecule has 34 heavy (non-hydrogen) atoms. The van der Waals surface area contributed by atoms with E-state index in [2.05, 4.69) is 27.5 Å². The van der Waals surface area contributed by atoms with Gasteiger partial charge < -0.3 is 25.0 Å². The average molecular weight is 464 g/mol. The molecule has 3 aromatic rings. The molecule has 8 nitrogen and oxygen atoms in total. The van der Waals surface area contributed by atoms with Crippen molar-refractivity contribution in [1.82, 2.24) is 20.0 Å². The van der Waals surface area contributed by atoms with Crippen LogP contribution in [-0.4, -0.2) is 70.5 Å². The fourth-order valence-corrected chi connectivity index (χ4v) is 4.19. The monoisotopic (exact) mass is 463 g/mol. The second-order valence-corrected chi connectivity index (χ2v) is 8.88. The first kappa shape index (κ1) is 23.8. The molecule has 1 aliphatic rings. The first-order chi connectivity index (χ1) is 16.5. The number of aliphatic hydroxyl groups is 1. The van der Waals surface area contributed by atoms with Crippen LogP contribution in [0.25, 0.3) is 11.1 Å². The number of carbonyl (C=O) groups excluding carboxylic acids is 1. The molecule has 3 N–H and O–H groups in total. The molecule has 0 aliphatic carbocycles. The second kappa shape index (κ2) is 11.2. The number of rotatable bonds is 8. The highest BCUT2D eigenvalue weighted by molar-refractivity contribution is 5.91. The maximum absolute atomic E-state index is 13.2. The van der Waals surface area contributed by atoms with Crippen molar-refractivity contribution in [3.63, 3.8) is 0 Å². The third kappa shape index (κ3) is 6.15. The van der Waals surface area contributed by atoms with Crippen molar-refractivity contribution in [2.45, 2.75) is 32.4 Å². The lowest BCUT2D eigenvalue weighted by Crippen LogP contribution is -2.37. The Morgan fingerprint density at radius 3 is 2.76 bits per heavy atom. The zero-order valence-electron chi connectivity index (χ0n) is 19.8. The van der Waals surface area contributed by atoms with Crippen LogP contribution in [0.15, 0.2) is 54.9 Å². The van der Waals surface area contributed by atoms with Crippen LogP contribution in [0.3, 0.4) is 0 Å². The van der Waals surface area contributed by atoms with Gasteiger partial charge in [0.2, 0.25) is 0 Å². The minimum absolute atomic E-state index is 0.0901. The summed E-state index contributed by atoms with van der Waals surface area (Å²) in [6.45, 7) is 4.51. The van der Waals surface area contributed by atoms with Crippen molar-refractivity contribution in [3.8, 4) is 16.9 Å². The van der Waals surface area contributed by atoms with Gasteiger partial charge in [0.05, 0.1) is 18.5 Å². The molecule has 0 atom stereocenters. The van der Waals surface area contributed by atoms with Gasteiger partial charge in [0.25, 0.3) is 0 Å². The number of urea groups is 1. The summed E-state index contributed by atoms with van der Waals surface area (Å²) in [5.41, 5.74) is 4.67. The molecule has 8 heteroatoms. The van der Waals surface area contributed by atoms with E-state index in [0.717, 1.165) is 48.2 Å². The number of hydrogen-bond acceptors (Lipinski definition) is 5. The first-order valence-corrected chi connectivity index (χ1v) is 11.7. The van der Waals surface area contributed by atoms with Crippen LogP contribution in [0.1, 0.15) is 24.0 Å². The summed E-state index contributed by atoms with van der Waals surface area (Å²) in [6, 6.07) is 13.5. The molecule has 4 rings (SSSR count). The number of benzene rings is 2. The van der Waals surface area contributed by atoms with E-state index in [1.54, 1.807) is 11.1 Å². The number of amides is 2. The molecule has 0 bridgehead atoms. The number of carbonyl (C=O) groups is 1. The molecule has 0 spiro atoms. The van der Waals surface area contributed by atoms with E-state index >= 15 is 0 Å². The van der Waals surface area contributed by atoms with Crippen LogP contribution in [0.2, 0.25) is 0 Å². The molecule has 1 aromatic heterocycles. The normalized spacial score (nSPS) is 14.7. The standard InChI is InChI=1S/C26H33N5O3/c1-19-4-3-5-20(14-19)18-31(12-13-32)26(33)29-24-7-6-21(22-16-27-28-17-22)15-25(24)34-23-8-10-30(2)11-9-23/h3-7,14-17,23,32H,8-13,18H2,1-2H3,(H,27,28)(H,29,33). The van der Waals surface area contributed by atoms with Gasteiger partial charge in [0.1, 0.15) is 11.9 Å². The molecule has 1 aliphatic heterocycles. The molecule has 2 aromatic carbocycles. The van der Waals surface area contributed by atoms with Crippen molar-refractivity contribution in [2.75, 3.05) is 38.6 Å². The van der Waals surface area contributed by atoms with E-state index < -0.39 is 0 Å². The van der Waals surface area contributed by atoms with Crippen LogP contribution < -0.4 is 10.1 Å². The number of nitrogens with zero attached hydrogens (tertiary/aromatic N) is 3. The minimum Gasteiger partial charge on any atom is -0.488 e. The molecule has 1 saturated heterocycles. The van der Waals surface area contributed by atoms with Crippen molar-refractivity contribution in [2.24, 2.45) is 0 Å². The van der Waals surface area contributed by atoms with Gasteiger partial charge in [-0.25, -0.2) is 4.79 Å². The van der Waals surface area contributed by atoms with Gasteiger partial charge in [-0.15, -0.1) is 0 Å². The van der Waals surface area contributed by atoms with Gasteiger partial charge in [0, 0.05) is 37.9 Å². The highest BCUT2D eigenvalue weighted by atomic mass is 16.5. The first-order valence-electron chi connectivity index (χ1n) is 11.7. The van der Waals surface area contributed by atoms with E-state index in [4.69, 9.17) is 4.74 Å². The summed E-state index contributed by atoms with van der Waals surface area (Å²) in [7, 11) is 2.12. The quantitative estimate of drug-likeness (QED) is 0.471. The lowest BCUT2D eigenvalue weighted by atomic mass is 10.1. The Balaban J connectivity index is 1.55. The lowest BCUT2D eigenvalue weighted by Gasteiger charge is -2.30. The van der Waals surface area contributed by atoms with Crippen LogP contribution in [0.5, 0.6) is 5.75 Å². The number of hydrogen-bond donors (Lipinski definition) is 3. The Kier molecular flexibility index (Phi) is 7.82. The molecule has 0 saturated carbocycles. The van der Waals surface area contributed by atoms with Gasteiger partial charge in [-0.2, -0.15) is 5.10 Å². The van der Waals surface area contributed by atoms with E-state index in [0.29, 0.717) is 18.0 Å². The summed E-state index contributed by atoms with van der Waals surface area (Å²) < 4.78 is 6.41. The third-order valence-electron chi connectivity index (χ3n) is 6.13. The summed E-state index contributed by atoms with van der Waals surface area (Å²) in [5.74, 6) is 0.640. The minimum atomic E-state index is -0.278. The zero-order valence-corrected chi connectivity index (χ0v) is 19.8. The smallest absolute Gasteiger partial charge is 0.322 e. The predicted molar refractivity (Wildman–Crippen MR) is 133 cm³/mol. The van der Waals surface area contributed by atoms with Crippen LogP contribution in [-0.2, 0) is 6.54 Å². The molecule has 180 valence electrons.